The van der Waals surface area contributed by atoms with Gasteiger partial charge in [0.05, 0.1) is 0 Å². The molecule has 2 aromatic rings. The van der Waals surface area contributed by atoms with E-state index in [1.807, 2.05) is 48.5 Å². The molecule has 0 radical (unpaired) electrons. The van der Waals surface area contributed by atoms with Crippen LogP contribution in [0.2, 0.25) is 0 Å². The van der Waals surface area contributed by atoms with Crippen LogP contribution in [0.3, 0.4) is 0 Å². The Morgan fingerprint density at radius 2 is 1.38 bits per heavy atom. The van der Waals surface area contributed by atoms with Crippen LogP contribution < -0.4 is 0 Å². The van der Waals surface area contributed by atoms with Crippen molar-refractivity contribution in [2.75, 3.05) is 11.5 Å². The number of hydrogen-bond donors (Lipinski definition) is 0. The molecule has 6 heteroatoms. The first kappa shape index (κ1) is 19.6. The van der Waals surface area contributed by atoms with Gasteiger partial charge in [-0.25, -0.2) is 4.79 Å². The maximum Gasteiger partial charge on any atom is 0.330 e. The molecule has 0 bridgehead atoms. The molecule has 0 saturated carbocycles. The molecule has 0 atom stereocenters. The zero-order chi connectivity index (χ0) is 17.4. The van der Waals surface area contributed by atoms with Crippen molar-refractivity contribution in [1.29, 1.82) is 0 Å². The predicted octanol–water partition coefficient (Wildman–Crippen LogP) is 6.19. The van der Waals surface area contributed by atoms with E-state index in [9.17, 15) is 4.79 Å². The summed E-state index contributed by atoms with van der Waals surface area (Å²) in [5.74, 6) is 1.02. The van der Waals surface area contributed by atoms with E-state index in [-0.39, 0.29) is 12.1 Å². The summed E-state index contributed by atoms with van der Waals surface area (Å²) in [4.78, 5) is 13.9. The molecule has 0 aromatic heterocycles. The van der Waals surface area contributed by atoms with Crippen molar-refractivity contribution >= 4 is 61.4 Å². The predicted molar refractivity (Wildman–Crippen MR) is 110 cm³/mol. The van der Waals surface area contributed by atoms with Gasteiger partial charge in [0.25, 0.3) is 0 Å². The van der Waals surface area contributed by atoms with E-state index >= 15 is 0 Å². The Hall–Kier alpha value is -0.690. The Balaban J connectivity index is 1.92. The summed E-state index contributed by atoms with van der Waals surface area (Å²) < 4.78 is 7.57. The van der Waals surface area contributed by atoms with Crippen LogP contribution >= 0.6 is 55.4 Å². The van der Waals surface area contributed by atoms with E-state index in [1.165, 1.54) is 6.08 Å². The van der Waals surface area contributed by atoms with Crippen LogP contribution in [0.15, 0.2) is 79.9 Å². The molecule has 0 aliphatic rings. The minimum absolute atomic E-state index is 0.183. The van der Waals surface area contributed by atoms with Crippen molar-refractivity contribution in [3.63, 3.8) is 0 Å². The van der Waals surface area contributed by atoms with Gasteiger partial charge in [0.1, 0.15) is 6.10 Å². The standard InChI is InChI=1S/C18H16Br2O2S2/c1-2-18(21)22-15(11-23-16-7-3-13(19)4-8-16)12-24-17-9-5-14(20)6-10-17/h2-10,15H,1,11-12H2. The molecule has 0 saturated heterocycles. The van der Waals surface area contributed by atoms with Gasteiger partial charge < -0.3 is 4.74 Å². The van der Waals surface area contributed by atoms with Crippen LogP contribution in [0, 0.1) is 0 Å². The first-order valence-corrected chi connectivity index (χ1v) is 10.7. The third kappa shape index (κ3) is 7.05. The maximum atomic E-state index is 11.6. The van der Waals surface area contributed by atoms with Gasteiger partial charge >= 0.3 is 5.97 Å². The first-order valence-electron chi connectivity index (χ1n) is 7.16. The van der Waals surface area contributed by atoms with Crippen LogP contribution in [-0.4, -0.2) is 23.6 Å². The lowest BCUT2D eigenvalue weighted by atomic mass is 10.4. The Kier molecular flexibility index (Phi) is 8.45. The summed E-state index contributed by atoms with van der Waals surface area (Å²) in [6.45, 7) is 3.47. The maximum absolute atomic E-state index is 11.6. The normalized spacial score (nSPS) is 10.6. The number of rotatable bonds is 8. The van der Waals surface area contributed by atoms with Crippen LogP contribution in [0.5, 0.6) is 0 Å². The summed E-state index contributed by atoms with van der Waals surface area (Å²) in [5.41, 5.74) is 0. The summed E-state index contributed by atoms with van der Waals surface area (Å²) in [6.07, 6.45) is 1.03. The first-order chi connectivity index (χ1) is 11.6. The van der Waals surface area contributed by atoms with Crippen LogP contribution in [-0.2, 0) is 9.53 Å². The number of benzene rings is 2. The fraction of sp³-hybridized carbons (Fsp3) is 0.167. The highest BCUT2D eigenvalue weighted by Crippen LogP contribution is 2.26. The molecular weight excluding hydrogens is 472 g/mol. The lowest BCUT2D eigenvalue weighted by Gasteiger charge is -2.16. The van der Waals surface area contributed by atoms with E-state index in [0.29, 0.717) is 11.5 Å². The summed E-state index contributed by atoms with van der Waals surface area (Å²) in [7, 11) is 0. The smallest absolute Gasteiger partial charge is 0.330 e. The molecular formula is C18H16Br2O2S2. The lowest BCUT2D eigenvalue weighted by Crippen LogP contribution is -2.22. The van der Waals surface area contributed by atoms with E-state index in [1.54, 1.807) is 23.5 Å². The average molecular weight is 488 g/mol. The Morgan fingerprint density at radius 1 is 0.958 bits per heavy atom. The molecule has 0 aliphatic heterocycles. The van der Waals surface area contributed by atoms with Crippen LogP contribution in [0.25, 0.3) is 0 Å². The molecule has 0 N–H and O–H groups in total. The van der Waals surface area contributed by atoms with Crippen molar-refractivity contribution < 1.29 is 9.53 Å². The third-order valence-corrected chi connectivity index (χ3v) is 6.29. The SMILES string of the molecule is C=CC(=O)OC(CSc1ccc(Br)cc1)CSc1ccc(Br)cc1. The largest absolute Gasteiger partial charge is 0.457 e. The van der Waals surface area contributed by atoms with Gasteiger partial charge in [-0.2, -0.15) is 0 Å². The highest BCUT2D eigenvalue weighted by molar-refractivity contribution is 9.10. The molecule has 0 amide bonds. The molecule has 0 fully saturated rings. The number of halogens is 2. The number of esters is 1. The second-order valence-corrected chi connectivity index (χ2v) is 8.81. The van der Waals surface area contributed by atoms with Crippen LogP contribution in [0.4, 0.5) is 0 Å². The number of carbonyl (C=O) groups is 1. The Morgan fingerprint density at radius 3 is 1.75 bits per heavy atom. The fourth-order valence-electron chi connectivity index (χ4n) is 1.77. The highest BCUT2D eigenvalue weighted by atomic mass is 79.9. The topological polar surface area (TPSA) is 26.3 Å². The summed E-state index contributed by atoms with van der Waals surface area (Å²) in [5, 5.41) is 0. The van der Waals surface area contributed by atoms with E-state index in [0.717, 1.165) is 18.7 Å². The lowest BCUT2D eigenvalue weighted by molar-refractivity contribution is -0.140. The fourth-order valence-corrected chi connectivity index (χ4v) is 4.23. The molecule has 0 aliphatic carbocycles. The molecule has 0 heterocycles. The Bertz CT molecular complexity index is 623. The second-order valence-electron chi connectivity index (χ2n) is 4.79. The van der Waals surface area contributed by atoms with Crippen LogP contribution in [0.1, 0.15) is 0 Å². The van der Waals surface area contributed by atoms with Crippen molar-refractivity contribution in [2.24, 2.45) is 0 Å². The minimum atomic E-state index is -0.382. The monoisotopic (exact) mass is 486 g/mol. The van der Waals surface area contributed by atoms with Gasteiger partial charge in [-0.1, -0.05) is 38.4 Å². The van der Waals surface area contributed by atoms with E-state index < -0.39 is 0 Å². The number of thioether (sulfide) groups is 2. The second kappa shape index (κ2) is 10.3. The Labute approximate surface area is 167 Å². The zero-order valence-electron chi connectivity index (χ0n) is 12.8. The molecule has 2 aromatic carbocycles. The van der Waals surface area contributed by atoms with E-state index in [4.69, 9.17) is 4.74 Å². The van der Waals surface area contributed by atoms with Gasteiger partial charge in [0.15, 0.2) is 0 Å². The molecule has 0 unspecified atom stereocenters. The van der Waals surface area contributed by atoms with Crippen molar-refractivity contribution in [1.82, 2.24) is 0 Å². The summed E-state index contributed by atoms with van der Waals surface area (Å²) >= 11 is 10.2. The zero-order valence-corrected chi connectivity index (χ0v) is 17.6. The van der Waals surface area contributed by atoms with Crippen molar-refractivity contribution in [2.45, 2.75) is 15.9 Å². The molecule has 0 spiro atoms. The van der Waals surface area contributed by atoms with Gasteiger partial charge in [-0.3, -0.25) is 0 Å². The van der Waals surface area contributed by atoms with E-state index in [2.05, 4.69) is 38.4 Å². The molecule has 126 valence electrons. The summed E-state index contributed by atoms with van der Waals surface area (Å²) in [6, 6.07) is 16.2. The van der Waals surface area contributed by atoms with Gasteiger partial charge in [0.2, 0.25) is 0 Å². The number of carbonyl (C=O) groups excluding carboxylic acids is 1. The minimum Gasteiger partial charge on any atom is -0.457 e. The van der Waals surface area contributed by atoms with Gasteiger partial charge in [-0.15, -0.1) is 23.5 Å². The number of hydrogen-bond acceptors (Lipinski definition) is 4. The molecule has 2 rings (SSSR count). The quantitative estimate of drug-likeness (QED) is 0.252. The highest BCUT2D eigenvalue weighted by Gasteiger charge is 2.14. The van der Waals surface area contributed by atoms with Crippen molar-refractivity contribution in [3.8, 4) is 0 Å². The van der Waals surface area contributed by atoms with Gasteiger partial charge in [-0.05, 0) is 48.5 Å². The number of ether oxygens (including phenoxy) is 1. The molecule has 24 heavy (non-hydrogen) atoms. The third-order valence-electron chi connectivity index (χ3n) is 2.95. The average Bonchev–Trinajstić information content (AvgIpc) is 2.60. The molecule has 2 nitrogen and oxygen atoms in total. The van der Waals surface area contributed by atoms with Gasteiger partial charge in [0, 0.05) is 36.3 Å². The van der Waals surface area contributed by atoms with Crippen molar-refractivity contribution in [3.05, 3.63) is 70.1 Å².